The molecule has 35 heavy (non-hydrogen) atoms. The number of benzene rings is 2. The largest absolute Gasteiger partial charge is 0.488 e. The van der Waals surface area contributed by atoms with Crippen LogP contribution in [0, 0.1) is 11.6 Å². The summed E-state index contributed by atoms with van der Waals surface area (Å²) in [5.74, 6) is -2.88. The molecule has 2 aliphatic heterocycles. The van der Waals surface area contributed by atoms with Crippen LogP contribution in [-0.4, -0.2) is 38.4 Å². The maximum Gasteiger partial charge on any atom is 0.416 e. The van der Waals surface area contributed by atoms with Gasteiger partial charge in [0.15, 0.2) is 21.4 Å². The molecule has 0 aliphatic carbocycles. The minimum absolute atomic E-state index is 0.141. The summed E-state index contributed by atoms with van der Waals surface area (Å²) in [5.41, 5.74) is -1.57. The van der Waals surface area contributed by atoms with E-state index in [1.54, 1.807) is 0 Å². The number of sulfone groups is 1. The van der Waals surface area contributed by atoms with E-state index in [0.29, 0.717) is 18.6 Å². The van der Waals surface area contributed by atoms with E-state index < -0.39 is 66.8 Å². The number of hydrogen-bond acceptors (Lipinski definition) is 4. The normalized spacial score (nSPS) is 22.2. The molecule has 2 atom stereocenters. The molecule has 2 aliphatic rings. The number of likely N-dealkylation sites (tertiary alicyclic amines) is 1. The Morgan fingerprint density at radius 2 is 1.77 bits per heavy atom. The molecule has 1 fully saturated rings. The minimum Gasteiger partial charge on any atom is -0.488 e. The molecule has 0 aromatic heterocycles. The summed E-state index contributed by atoms with van der Waals surface area (Å²) in [4.78, 5) is 13.9. The fourth-order valence-electron chi connectivity index (χ4n) is 5.08. The number of carbonyl (C=O) groups excluding carboxylic acids is 1. The lowest BCUT2D eigenvalue weighted by molar-refractivity contribution is -0.138. The average Bonchev–Trinajstić information content (AvgIpc) is 2.83. The van der Waals surface area contributed by atoms with Gasteiger partial charge in [-0.05, 0) is 55.7 Å². The van der Waals surface area contributed by atoms with Gasteiger partial charge in [0.1, 0.15) is 17.2 Å². The monoisotopic (exact) mass is 517 g/mol. The van der Waals surface area contributed by atoms with Gasteiger partial charge in [-0.2, -0.15) is 13.2 Å². The third-order valence-corrected chi connectivity index (χ3v) is 9.30. The summed E-state index contributed by atoms with van der Waals surface area (Å²) in [6, 6.07) is 3.32. The van der Waals surface area contributed by atoms with Crippen molar-refractivity contribution in [2.45, 2.75) is 60.9 Å². The number of piperidine rings is 1. The first-order valence-electron chi connectivity index (χ1n) is 11.3. The topological polar surface area (TPSA) is 63.7 Å². The maximum atomic E-state index is 15.3. The average molecular weight is 518 g/mol. The zero-order chi connectivity index (χ0) is 25.6. The van der Waals surface area contributed by atoms with Crippen molar-refractivity contribution in [3.63, 3.8) is 0 Å². The summed E-state index contributed by atoms with van der Waals surface area (Å²) in [5, 5.41) is 0. The Bertz CT molecular complexity index is 1230. The van der Waals surface area contributed by atoms with Crippen molar-refractivity contribution in [3.05, 3.63) is 59.2 Å². The van der Waals surface area contributed by atoms with E-state index in [1.165, 1.54) is 4.90 Å². The fourth-order valence-corrected chi connectivity index (χ4v) is 7.43. The second-order valence-corrected chi connectivity index (χ2v) is 11.0. The van der Waals surface area contributed by atoms with Crippen LogP contribution >= 0.6 is 0 Å². The molecule has 2 heterocycles. The minimum atomic E-state index is -4.68. The SMILES string of the molecule is CCCCC(=O)N1CCC[C@@]2(S(=O)(=O)c3ccc(C(F)(F)F)cc3)c3c(F)ccc(F)c3OC[C@@H]12. The first kappa shape index (κ1) is 25.4. The van der Waals surface area contributed by atoms with E-state index in [2.05, 4.69) is 0 Å². The molecule has 1 amide bonds. The van der Waals surface area contributed by atoms with Crippen LogP contribution in [0.25, 0.3) is 0 Å². The number of ether oxygens (including phenoxy) is 1. The number of alkyl halides is 3. The maximum absolute atomic E-state index is 15.3. The highest BCUT2D eigenvalue weighted by Crippen LogP contribution is 2.53. The molecule has 190 valence electrons. The number of fused-ring (bicyclic) bond motifs is 3. The molecular formula is C24H24F5NO4S. The Morgan fingerprint density at radius 1 is 1.11 bits per heavy atom. The van der Waals surface area contributed by atoms with Crippen molar-refractivity contribution in [1.82, 2.24) is 4.90 Å². The van der Waals surface area contributed by atoms with Crippen LogP contribution in [-0.2, 0) is 25.6 Å². The van der Waals surface area contributed by atoms with Crippen molar-refractivity contribution >= 4 is 15.7 Å². The molecule has 0 bridgehead atoms. The molecule has 0 radical (unpaired) electrons. The molecule has 0 saturated carbocycles. The standard InChI is InChI=1S/C24H24F5NO4S/c1-2-3-5-20(31)30-13-4-12-23(19(30)14-34-22-18(26)11-10-17(25)21(22)23)35(32,33)16-8-6-15(7-9-16)24(27,28)29/h6-11,19H,2-5,12-14H2,1H3/t19-,23+/m1/s1. The van der Waals surface area contributed by atoms with E-state index in [1.807, 2.05) is 6.92 Å². The van der Waals surface area contributed by atoms with Gasteiger partial charge in [0, 0.05) is 13.0 Å². The van der Waals surface area contributed by atoms with E-state index in [0.717, 1.165) is 30.7 Å². The summed E-state index contributed by atoms with van der Waals surface area (Å²) in [6.07, 6.45) is -3.25. The van der Waals surface area contributed by atoms with Gasteiger partial charge in [-0.25, -0.2) is 17.2 Å². The Labute approximate surface area is 199 Å². The van der Waals surface area contributed by atoms with Crippen molar-refractivity contribution in [1.29, 1.82) is 0 Å². The Balaban J connectivity index is 1.93. The van der Waals surface area contributed by atoms with E-state index in [4.69, 9.17) is 4.74 Å². The number of carbonyl (C=O) groups is 1. The Kier molecular flexibility index (Phi) is 6.58. The summed E-state index contributed by atoms with van der Waals surface area (Å²) in [6.45, 7) is 1.69. The summed E-state index contributed by atoms with van der Waals surface area (Å²) >= 11 is 0. The van der Waals surface area contributed by atoms with Crippen molar-refractivity contribution in [2.24, 2.45) is 0 Å². The van der Waals surface area contributed by atoms with Gasteiger partial charge >= 0.3 is 6.18 Å². The van der Waals surface area contributed by atoms with Crippen LogP contribution in [0.15, 0.2) is 41.3 Å². The van der Waals surface area contributed by atoms with Crippen molar-refractivity contribution in [3.8, 4) is 5.75 Å². The van der Waals surface area contributed by atoms with Crippen LogP contribution in [0.5, 0.6) is 5.75 Å². The molecule has 4 rings (SSSR count). The van der Waals surface area contributed by atoms with Crippen molar-refractivity contribution in [2.75, 3.05) is 13.2 Å². The van der Waals surface area contributed by atoms with E-state index >= 15 is 4.39 Å². The molecule has 0 spiro atoms. The summed E-state index contributed by atoms with van der Waals surface area (Å²) in [7, 11) is -4.63. The Hall–Kier alpha value is -2.69. The fraction of sp³-hybridized carbons (Fsp3) is 0.458. The van der Waals surface area contributed by atoms with E-state index in [-0.39, 0.29) is 31.7 Å². The van der Waals surface area contributed by atoms with E-state index in [9.17, 15) is 30.8 Å². The molecule has 0 unspecified atom stereocenters. The Morgan fingerprint density at radius 3 is 2.40 bits per heavy atom. The lowest BCUT2D eigenvalue weighted by atomic mass is 9.80. The molecule has 0 N–H and O–H groups in total. The van der Waals surface area contributed by atoms with Gasteiger partial charge in [-0.1, -0.05) is 13.3 Å². The first-order valence-corrected chi connectivity index (χ1v) is 12.8. The highest BCUT2D eigenvalue weighted by molar-refractivity contribution is 7.92. The summed E-state index contributed by atoms with van der Waals surface area (Å²) < 4.78 is 101. The molecule has 2 aromatic rings. The molecular weight excluding hydrogens is 493 g/mol. The van der Waals surface area contributed by atoms with Gasteiger partial charge in [0.05, 0.1) is 22.1 Å². The first-order chi connectivity index (χ1) is 16.4. The van der Waals surface area contributed by atoms with Gasteiger partial charge in [0.2, 0.25) is 5.91 Å². The smallest absolute Gasteiger partial charge is 0.416 e. The second-order valence-electron chi connectivity index (χ2n) is 8.77. The molecule has 11 heteroatoms. The quantitative estimate of drug-likeness (QED) is 0.510. The third kappa shape index (κ3) is 4.07. The highest BCUT2D eigenvalue weighted by atomic mass is 32.2. The zero-order valence-electron chi connectivity index (χ0n) is 18.9. The molecule has 2 aromatic carbocycles. The molecule has 5 nitrogen and oxygen atoms in total. The van der Waals surface area contributed by atoms with Gasteiger partial charge in [-0.15, -0.1) is 0 Å². The van der Waals surface area contributed by atoms with Crippen LogP contribution in [0.4, 0.5) is 22.0 Å². The highest BCUT2D eigenvalue weighted by Gasteiger charge is 2.61. The number of rotatable bonds is 5. The second kappa shape index (κ2) is 9.07. The zero-order valence-corrected chi connectivity index (χ0v) is 19.7. The number of amides is 1. The number of nitrogens with zero attached hydrogens (tertiary/aromatic N) is 1. The predicted molar refractivity (Wildman–Crippen MR) is 116 cm³/mol. The number of hydrogen-bond donors (Lipinski definition) is 0. The number of halogens is 5. The van der Waals surface area contributed by atoms with Crippen LogP contribution in [0.2, 0.25) is 0 Å². The van der Waals surface area contributed by atoms with Crippen LogP contribution < -0.4 is 4.74 Å². The predicted octanol–water partition coefficient (Wildman–Crippen LogP) is 5.23. The number of unbranched alkanes of at least 4 members (excludes halogenated alkanes) is 1. The van der Waals surface area contributed by atoms with Gasteiger partial charge in [-0.3, -0.25) is 4.79 Å². The van der Waals surface area contributed by atoms with Gasteiger partial charge in [0.25, 0.3) is 0 Å². The van der Waals surface area contributed by atoms with Gasteiger partial charge < -0.3 is 9.64 Å². The van der Waals surface area contributed by atoms with Crippen LogP contribution in [0.1, 0.15) is 50.2 Å². The lowest BCUT2D eigenvalue weighted by Crippen LogP contribution is -2.64. The van der Waals surface area contributed by atoms with Crippen LogP contribution in [0.3, 0.4) is 0 Å². The third-order valence-electron chi connectivity index (χ3n) is 6.77. The van der Waals surface area contributed by atoms with Crippen molar-refractivity contribution < 1.29 is 39.9 Å². The lowest BCUT2D eigenvalue weighted by Gasteiger charge is -2.51. The molecule has 1 saturated heterocycles.